The number of aliphatic hydroxyl groups is 1. The molecule has 14 heavy (non-hydrogen) atoms. The van der Waals surface area contributed by atoms with Gasteiger partial charge >= 0.3 is 0 Å². The molecular formula is C12H16OSi. The molecule has 1 aromatic carbocycles. The summed E-state index contributed by atoms with van der Waals surface area (Å²) >= 11 is 0. The third kappa shape index (κ3) is 3.02. The Kier molecular flexibility index (Phi) is 3.51. The summed E-state index contributed by atoms with van der Waals surface area (Å²) in [5, 5.41) is 10.4. The highest BCUT2D eigenvalue weighted by Crippen LogP contribution is 2.01. The van der Waals surface area contributed by atoms with Crippen LogP contribution in [0.3, 0.4) is 0 Å². The van der Waals surface area contributed by atoms with E-state index >= 15 is 0 Å². The monoisotopic (exact) mass is 204 g/mol. The third-order valence-corrected chi connectivity index (χ3v) is 4.64. The Bertz CT molecular complexity index is 344. The van der Waals surface area contributed by atoms with Crippen molar-refractivity contribution in [2.45, 2.75) is 26.1 Å². The molecule has 0 heterocycles. The summed E-state index contributed by atoms with van der Waals surface area (Å²) in [4.78, 5) is 0. The van der Waals surface area contributed by atoms with Gasteiger partial charge in [-0.25, -0.2) is 0 Å². The van der Waals surface area contributed by atoms with E-state index in [1.165, 1.54) is 5.19 Å². The van der Waals surface area contributed by atoms with Crippen LogP contribution >= 0.6 is 0 Å². The maximum Gasteiger partial charge on any atom is 0.162 e. The summed E-state index contributed by atoms with van der Waals surface area (Å²) in [6, 6.07) is 10.3. The number of aliphatic hydroxyl groups excluding tert-OH is 1. The molecule has 0 aliphatic carbocycles. The molecule has 1 aromatic rings. The van der Waals surface area contributed by atoms with Crippen LogP contribution in [0.5, 0.6) is 0 Å². The minimum atomic E-state index is -1.66. The second kappa shape index (κ2) is 4.45. The van der Waals surface area contributed by atoms with Gasteiger partial charge in [-0.15, -0.1) is 5.54 Å². The first-order chi connectivity index (χ1) is 6.52. The molecule has 0 spiro atoms. The molecule has 0 amide bonds. The Labute approximate surface area is 86.8 Å². The molecule has 0 fully saturated rings. The first-order valence-electron chi connectivity index (χ1n) is 4.78. The van der Waals surface area contributed by atoms with E-state index in [1.807, 2.05) is 18.2 Å². The van der Waals surface area contributed by atoms with Gasteiger partial charge in [0.15, 0.2) is 8.07 Å². The standard InChI is InChI=1S/C12H16OSi/c1-11(13)9-10-14(2,3)12-7-5-4-6-8-12/h4-8,11,13H,1-3H3/t11-/m0/s1. The van der Waals surface area contributed by atoms with Gasteiger partial charge in [0, 0.05) is 0 Å². The van der Waals surface area contributed by atoms with E-state index in [4.69, 9.17) is 5.11 Å². The zero-order chi connectivity index (χ0) is 10.6. The summed E-state index contributed by atoms with van der Waals surface area (Å²) in [7, 11) is -1.66. The van der Waals surface area contributed by atoms with Gasteiger partial charge in [0.1, 0.15) is 6.10 Å². The predicted octanol–water partition coefficient (Wildman–Crippen LogP) is 1.53. The van der Waals surface area contributed by atoms with Crippen molar-refractivity contribution in [1.29, 1.82) is 0 Å². The highest BCUT2D eigenvalue weighted by Gasteiger charge is 2.20. The quantitative estimate of drug-likeness (QED) is 0.543. The van der Waals surface area contributed by atoms with Crippen LogP contribution in [-0.2, 0) is 0 Å². The van der Waals surface area contributed by atoms with E-state index in [1.54, 1.807) is 6.92 Å². The molecule has 1 atom stereocenters. The van der Waals surface area contributed by atoms with E-state index in [9.17, 15) is 0 Å². The number of benzene rings is 1. The normalized spacial score (nSPS) is 12.9. The molecule has 0 saturated carbocycles. The Morgan fingerprint density at radius 2 is 1.79 bits per heavy atom. The Balaban J connectivity index is 2.93. The van der Waals surface area contributed by atoms with Gasteiger partial charge < -0.3 is 5.11 Å². The van der Waals surface area contributed by atoms with Gasteiger partial charge in [0.2, 0.25) is 0 Å². The van der Waals surface area contributed by atoms with Gasteiger partial charge in [0.05, 0.1) is 0 Å². The fourth-order valence-corrected chi connectivity index (χ4v) is 2.95. The average molecular weight is 204 g/mol. The van der Waals surface area contributed by atoms with Crippen LogP contribution < -0.4 is 5.19 Å². The number of hydrogen-bond donors (Lipinski definition) is 1. The lowest BCUT2D eigenvalue weighted by molar-refractivity contribution is 0.253. The SMILES string of the molecule is C[C@H](O)C#C[Si](C)(C)c1ccccc1. The van der Waals surface area contributed by atoms with Gasteiger partial charge in [-0.05, 0) is 12.1 Å². The second-order valence-electron chi connectivity index (χ2n) is 3.94. The largest absolute Gasteiger partial charge is 0.381 e. The molecule has 1 rings (SSSR count). The van der Waals surface area contributed by atoms with Gasteiger partial charge in [-0.3, -0.25) is 0 Å². The van der Waals surface area contributed by atoms with Crippen LogP contribution in [0.1, 0.15) is 6.92 Å². The first-order valence-corrected chi connectivity index (χ1v) is 7.78. The van der Waals surface area contributed by atoms with Crippen LogP contribution in [0.4, 0.5) is 0 Å². The van der Waals surface area contributed by atoms with E-state index in [-0.39, 0.29) is 0 Å². The van der Waals surface area contributed by atoms with Crippen LogP contribution in [0.25, 0.3) is 0 Å². The first kappa shape index (κ1) is 11.0. The van der Waals surface area contributed by atoms with Crippen molar-refractivity contribution in [3.05, 3.63) is 30.3 Å². The van der Waals surface area contributed by atoms with Crippen molar-refractivity contribution in [3.63, 3.8) is 0 Å². The molecule has 0 radical (unpaired) electrons. The zero-order valence-electron chi connectivity index (χ0n) is 8.91. The molecular weight excluding hydrogens is 188 g/mol. The molecule has 74 valence electrons. The van der Waals surface area contributed by atoms with Crippen molar-refractivity contribution in [2.75, 3.05) is 0 Å². The van der Waals surface area contributed by atoms with Gasteiger partial charge in [-0.2, -0.15) is 0 Å². The smallest absolute Gasteiger partial charge is 0.162 e. The van der Waals surface area contributed by atoms with Crippen molar-refractivity contribution in [1.82, 2.24) is 0 Å². The second-order valence-corrected chi connectivity index (χ2v) is 8.01. The van der Waals surface area contributed by atoms with Crippen molar-refractivity contribution >= 4 is 13.3 Å². The van der Waals surface area contributed by atoms with Crippen molar-refractivity contribution in [2.24, 2.45) is 0 Å². The van der Waals surface area contributed by atoms with E-state index < -0.39 is 14.2 Å². The molecule has 1 N–H and O–H groups in total. The minimum absolute atomic E-state index is 0.523. The van der Waals surface area contributed by atoms with E-state index in [0.717, 1.165) is 0 Å². The van der Waals surface area contributed by atoms with Gasteiger partial charge in [0.25, 0.3) is 0 Å². The van der Waals surface area contributed by atoms with Gasteiger partial charge in [-0.1, -0.05) is 49.3 Å². The zero-order valence-corrected chi connectivity index (χ0v) is 9.91. The summed E-state index contributed by atoms with van der Waals surface area (Å²) < 4.78 is 0. The molecule has 0 aromatic heterocycles. The number of hydrogen-bond acceptors (Lipinski definition) is 1. The molecule has 2 heteroatoms. The highest BCUT2D eigenvalue weighted by atomic mass is 28.3. The molecule has 0 aliphatic heterocycles. The predicted molar refractivity (Wildman–Crippen MR) is 63.0 cm³/mol. The third-order valence-electron chi connectivity index (χ3n) is 2.09. The van der Waals surface area contributed by atoms with Crippen LogP contribution in [-0.4, -0.2) is 19.3 Å². The average Bonchev–Trinajstić information content (AvgIpc) is 2.16. The summed E-state index contributed by atoms with van der Waals surface area (Å²) in [5.41, 5.74) is 3.21. The summed E-state index contributed by atoms with van der Waals surface area (Å²) in [5.74, 6) is 2.85. The minimum Gasteiger partial charge on any atom is -0.381 e. The Hall–Kier alpha value is -1.04. The lowest BCUT2D eigenvalue weighted by atomic mass is 10.4. The Morgan fingerprint density at radius 3 is 2.29 bits per heavy atom. The highest BCUT2D eigenvalue weighted by molar-refractivity contribution is 6.96. The summed E-state index contributed by atoms with van der Waals surface area (Å²) in [6.45, 7) is 6.08. The molecule has 1 nitrogen and oxygen atoms in total. The molecule has 0 unspecified atom stereocenters. The maximum atomic E-state index is 9.11. The van der Waals surface area contributed by atoms with E-state index in [0.29, 0.717) is 0 Å². The van der Waals surface area contributed by atoms with E-state index in [2.05, 4.69) is 36.7 Å². The van der Waals surface area contributed by atoms with Crippen LogP contribution in [0, 0.1) is 11.5 Å². The Morgan fingerprint density at radius 1 is 1.21 bits per heavy atom. The van der Waals surface area contributed by atoms with Crippen molar-refractivity contribution in [3.8, 4) is 11.5 Å². The molecule has 0 aliphatic rings. The van der Waals surface area contributed by atoms with Crippen molar-refractivity contribution < 1.29 is 5.11 Å². The lowest BCUT2D eigenvalue weighted by Gasteiger charge is -2.14. The van der Waals surface area contributed by atoms with Crippen LogP contribution in [0.15, 0.2) is 30.3 Å². The van der Waals surface area contributed by atoms with Crippen LogP contribution in [0.2, 0.25) is 13.1 Å². The molecule has 0 saturated heterocycles. The summed E-state index contributed by atoms with van der Waals surface area (Å²) in [6.07, 6.45) is -0.523. The molecule has 0 bridgehead atoms. The number of rotatable bonds is 1. The lowest BCUT2D eigenvalue weighted by Crippen LogP contribution is -2.40. The fourth-order valence-electron chi connectivity index (χ4n) is 1.21. The fraction of sp³-hybridized carbons (Fsp3) is 0.333. The topological polar surface area (TPSA) is 20.2 Å². The maximum absolute atomic E-state index is 9.11.